The van der Waals surface area contributed by atoms with Crippen LogP contribution in [0.2, 0.25) is 0 Å². The van der Waals surface area contributed by atoms with E-state index in [1.807, 2.05) is 0 Å². The van der Waals surface area contributed by atoms with Gasteiger partial charge in [-0.2, -0.15) is 5.10 Å². The van der Waals surface area contributed by atoms with E-state index in [-0.39, 0.29) is 10.3 Å². The molecule has 2 aromatic rings. The van der Waals surface area contributed by atoms with E-state index < -0.39 is 16.8 Å². The molecule has 0 aliphatic rings. The highest BCUT2D eigenvalue weighted by molar-refractivity contribution is 7.16. The van der Waals surface area contributed by atoms with E-state index in [1.165, 1.54) is 6.07 Å². The maximum atomic E-state index is 11.4. The normalized spacial score (nSPS) is 11.1. The Morgan fingerprint density at radius 3 is 2.75 bits per heavy atom. The summed E-state index contributed by atoms with van der Waals surface area (Å²) in [7, 11) is 0. The van der Waals surface area contributed by atoms with Crippen LogP contribution in [-0.4, -0.2) is 33.4 Å². The summed E-state index contributed by atoms with van der Waals surface area (Å²) in [5.41, 5.74) is 3.68. The number of aromatic nitrogens is 1. The molecular weight excluding hydrogens is 286 g/mol. The molecule has 104 valence electrons. The van der Waals surface area contributed by atoms with E-state index in [0.29, 0.717) is 23.0 Å². The van der Waals surface area contributed by atoms with Gasteiger partial charge in [-0.25, -0.2) is 9.59 Å². The smallest absolute Gasteiger partial charge is 0.348 e. The molecule has 0 saturated carbocycles. The first kappa shape index (κ1) is 13.7. The topological polar surface area (TPSA) is 132 Å². The first-order valence-electron chi connectivity index (χ1n) is 5.32. The SMILES string of the molecule is Cc1cc(C(=O)O)c2sc(=O)[nH]c2c1NN=CC(=O)O. The molecule has 20 heavy (non-hydrogen) atoms. The Morgan fingerprint density at radius 2 is 2.15 bits per heavy atom. The highest BCUT2D eigenvalue weighted by atomic mass is 32.1. The molecule has 0 radical (unpaired) electrons. The van der Waals surface area contributed by atoms with Crippen molar-refractivity contribution < 1.29 is 19.8 Å². The minimum Gasteiger partial charge on any atom is -0.478 e. The van der Waals surface area contributed by atoms with Crippen LogP contribution in [0.4, 0.5) is 5.69 Å². The number of benzene rings is 1. The van der Waals surface area contributed by atoms with E-state index in [9.17, 15) is 14.4 Å². The summed E-state index contributed by atoms with van der Waals surface area (Å²) >= 11 is 0.770. The number of hydrazone groups is 1. The second-order valence-electron chi connectivity index (χ2n) is 3.85. The lowest BCUT2D eigenvalue weighted by Gasteiger charge is -2.08. The van der Waals surface area contributed by atoms with Crippen LogP contribution in [0.25, 0.3) is 10.2 Å². The zero-order valence-electron chi connectivity index (χ0n) is 10.1. The number of H-pyrrole nitrogens is 1. The van der Waals surface area contributed by atoms with Crippen molar-refractivity contribution in [2.75, 3.05) is 5.43 Å². The predicted octanol–water partition coefficient (Wildman–Crippen LogP) is 1.08. The zero-order chi connectivity index (χ0) is 14.9. The number of hydrogen-bond donors (Lipinski definition) is 4. The molecule has 1 aromatic heterocycles. The van der Waals surface area contributed by atoms with Crippen LogP contribution in [0.15, 0.2) is 16.0 Å². The van der Waals surface area contributed by atoms with Crippen molar-refractivity contribution >= 4 is 45.4 Å². The third kappa shape index (κ3) is 2.52. The number of thiazole rings is 1. The summed E-state index contributed by atoms with van der Waals surface area (Å²) < 4.78 is 0.279. The Balaban J connectivity index is 2.63. The third-order valence-electron chi connectivity index (χ3n) is 2.48. The number of carboxylic acids is 2. The predicted molar refractivity (Wildman–Crippen MR) is 73.9 cm³/mol. The number of nitrogens with one attached hydrogen (secondary N) is 2. The van der Waals surface area contributed by atoms with Crippen LogP contribution in [-0.2, 0) is 4.79 Å². The Hall–Kier alpha value is -2.68. The number of anilines is 1. The molecule has 0 spiro atoms. The van der Waals surface area contributed by atoms with Gasteiger partial charge in [-0.15, -0.1) is 0 Å². The maximum Gasteiger partial charge on any atom is 0.348 e. The summed E-state index contributed by atoms with van der Waals surface area (Å²) in [5, 5.41) is 21.1. The fourth-order valence-electron chi connectivity index (χ4n) is 1.70. The number of aromatic carboxylic acids is 1. The van der Waals surface area contributed by atoms with Gasteiger partial charge in [0.1, 0.15) is 6.21 Å². The van der Waals surface area contributed by atoms with E-state index in [4.69, 9.17) is 10.2 Å². The Morgan fingerprint density at radius 1 is 1.45 bits per heavy atom. The van der Waals surface area contributed by atoms with Gasteiger partial charge >= 0.3 is 16.8 Å². The second kappa shape index (κ2) is 5.13. The molecule has 2 rings (SSSR count). The second-order valence-corrected chi connectivity index (χ2v) is 4.83. The lowest BCUT2D eigenvalue weighted by molar-refractivity contribution is -0.128. The van der Waals surface area contributed by atoms with Crippen molar-refractivity contribution in [2.45, 2.75) is 6.92 Å². The molecular formula is C11H9N3O5S. The Bertz CT molecular complexity index is 789. The molecule has 0 unspecified atom stereocenters. The van der Waals surface area contributed by atoms with Crippen LogP contribution in [0.3, 0.4) is 0 Å². The van der Waals surface area contributed by atoms with Gasteiger partial charge in [0.2, 0.25) is 0 Å². The first-order chi connectivity index (χ1) is 9.40. The molecule has 0 bridgehead atoms. The number of aliphatic carboxylic acids is 1. The van der Waals surface area contributed by atoms with Crippen molar-refractivity contribution in [1.82, 2.24) is 4.98 Å². The van der Waals surface area contributed by atoms with Crippen LogP contribution < -0.4 is 10.3 Å². The standard InChI is InChI=1S/C11H9N3O5S/c1-4-2-5(10(17)18)9-8(13-11(19)20-9)7(4)14-12-3-6(15)16/h2-3,14H,1H3,(H,13,19)(H,15,16)(H,17,18). The maximum absolute atomic E-state index is 11.4. The fraction of sp³-hybridized carbons (Fsp3) is 0.0909. The van der Waals surface area contributed by atoms with Gasteiger partial charge in [-0.05, 0) is 18.6 Å². The van der Waals surface area contributed by atoms with Gasteiger partial charge in [0.25, 0.3) is 0 Å². The third-order valence-corrected chi connectivity index (χ3v) is 3.40. The number of carboxylic acid groups (broad SMARTS) is 2. The van der Waals surface area contributed by atoms with Crippen molar-refractivity contribution in [1.29, 1.82) is 0 Å². The monoisotopic (exact) mass is 295 g/mol. The highest BCUT2D eigenvalue weighted by Gasteiger charge is 2.17. The van der Waals surface area contributed by atoms with Crippen molar-refractivity contribution in [3.63, 3.8) is 0 Å². The lowest BCUT2D eigenvalue weighted by atomic mass is 10.1. The van der Waals surface area contributed by atoms with Gasteiger partial charge in [0.05, 0.1) is 21.5 Å². The van der Waals surface area contributed by atoms with E-state index in [0.717, 1.165) is 11.3 Å². The Labute approximate surface area is 115 Å². The summed E-state index contributed by atoms with van der Waals surface area (Å²) in [6.45, 7) is 1.63. The van der Waals surface area contributed by atoms with Gasteiger partial charge in [0, 0.05) is 0 Å². The number of aromatic amines is 1. The highest BCUT2D eigenvalue weighted by Crippen LogP contribution is 2.30. The van der Waals surface area contributed by atoms with Crippen LogP contribution in [0, 0.1) is 6.92 Å². The average molecular weight is 295 g/mol. The van der Waals surface area contributed by atoms with E-state index in [1.54, 1.807) is 6.92 Å². The fourth-order valence-corrected chi connectivity index (χ4v) is 2.55. The number of aryl methyl sites for hydroxylation is 1. The summed E-state index contributed by atoms with van der Waals surface area (Å²) in [6.07, 6.45) is 0.654. The van der Waals surface area contributed by atoms with Crippen molar-refractivity contribution in [2.24, 2.45) is 5.10 Å². The molecule has 0 amide bonds. The molecule has 4 N–H and O–H groups in total. The summed E-state index contributed by atoms with van der Waals surface area (Å²) in [4.78, 5) is 35.0. The van der Waals surface area contributed by atoms with Crippen molar-refractivity contribution in [3.8, 4) is 0 Å². The number of carbonyl (C=O) groups is 2. The van der Waals surface area contributed by atoms with Crippen LogP contribution in [0.1, 0.15) is 15.9 Å². The quantitative estimate of drug-likeness (QED) is 0.493. The van der Waals surface area contributed by atoms with Gasteiger partial charge in [0.15, 0.2) is 0 Å². The van der Waals surface area contributed by atoms with Crippen LogP contribution >= 0.6 is 11.3 Å². The van der Waals surface area contributed by atoms with E-state index >= 15 is 0 Å². The number of nitrogens with zero attached hydrogens (tertiary/aromatic N) is 1. The van der Waals surface area contributed by atoms with Gasteiger partial charge < -0.3 is 15.2 Å². The molecule has 0 fully saturated rings. The molecule has 0 aliphatic carbocycles. The molecule has 0 atom stereocenters. The molecule has 9 heteroatoms. The molecule has 1 aromatic carbocycles. The molecule has 0 aliphatic heterocycles. The number of hydrogen-bond acceptors (Lipinski definition) is 6. The minimum atomic E-state index is -1.23. The van der Waals surface area contributed by atoms with Crippen molar-refractivity contribution in [3.05, 3.63) is 26.9 Å². The molecule has 1 heterocycles. The van der Waals surface area contributed by atoms with E-state index in [2.05, 4.69) is 15.5 Å². The zero-order valence-corrected chi connectivity index (χ0v) is 10.9. The number of fused-ring (bicyclic) bond motifs is 1. The summed E-state index contributed by atoms with van der Waals surface area (Å²) in [5.74, 6) is -2.37. The first-order valence-corrected chi connectivity index (χ1v) is 6.13. The molecule has 0 saturated heterocycles. The lowest BCUT2D eigenvalue weighted by Crippen LogP contribution is -2.03. The average Bonchev–Trinajstić information content (AvgIpc) is 2.72. The van der Waals surface area contributed by atoms with Gasteiger partial charge in [-0.1, -0.05) is 11.3 Å². The molecule has 8 nitrogen and oxygen atoms in total. The summed E-state index contributed by atoms with van der Waals surface area (Å²) in [6, 6.07) is 1.40. The Kier molecular flexibility index (Phi) is 3.53. The van der Waals surface area contributed by atoms with Crippen LogP contribution in [0.5, 0.6) is 0 Å². The number of rotatable bonds is 4. The largest absolute Gasteiger partial charge is 0.478 e. The van der Waals surface area contributed by atoms with Gasteiger partial charge in [-0.3, -0.25) is 10.2 Å². The minimum absolute atomic E-state index is 0.00798.